The Bertz CT molecular complexity index is 322. The molecule has 1 N–H and O–H groups in total. The number of methoxy groups -OCH3 is 1. The summed E-state index contributed by atoms with van der Waals surface area (Å²) in [7, 11) is 0.683. The molecule has 0 rings (SSSR count). The van der Waals surface area contributed by atoms with Gasteiger partial charge in [0, 0.05) is 0 Å². The Morgan fingerprint density at radius 2 is 1.61 bits per heavy atom. The second-order valence-electron chi connectivity index (χ2n) is 3.60. The molecule has 0 aliphatic rings. The average molecular weight is 278 g/mol. The summed E-state index contributed by atoms with van der Waals surface area (Å²) in [5.41, 5.74) is -3.56. The fourth-order valence-corrected chi connectivity index (χ4v) is 1.07. The minimum Gasteiger partial charge on any atom is -0.479 e. The quantitative estimate of drug-likeness (QED) is 0.588. The van der Waals surface area contributed by atoms with Gasteiger partial charge in [-0.25, -0.2) is 31.5 Å². The van der Waals surface area contributed by atoms with E-state index in [4.69, 9.17) is 5.11 Å². The number of carboxylic acids is 1. The molecule has 0 amide bonds. The molecule has 106 valence electrons. The van der Waals surface area contributed by atoms with Crippen LogP contribution in [0.4, 0.5) is 22.0 Å². The zero-order chi connectivity index (χ0) is 14.7. The van der Waals surface area contributed by atoms with Gasteiger partial charge in [-0.2, -0.15) is 0 Å². The first-order valence-corrected chi connectivity index (χ1v) is 4.63. The first kappa shape index (κ1) is 16.6. The van der Waals surface area contributed by atoms with Crippen LogP contribution in [0.1, 0.15) is 6.92 Å². The van der Waals surface area contributed by atoms with Crippen LogP contribution in [0.25, 0.3) is 0 Å². The molecule has 5 unspecified atom stereocenters. The number of esters is 1. The van der Waals surface area contributed by atoms with Crippen molar-refractivity contribution in [3.05, 3.63) is 0 Å². The predicted molar refractivity (Wildman–Crippen MR) is 48.7 cm³/mol. The van der Waals surface area contributed by atoms with Crippen LogP contribution in [0.2, 0.25) is 0 Å². The summed E-state index contributed by atoms with van der Waals surface area (Å²) in [5.74, 6) is -4.19. The number of hydrogen-bond acceptors (Lipinski definition) is 3. The number of alkyl halides is 5. The molecule has 0 heterocycles. The van der Waals surface area contributed by atoms with Gasteiger partial charge in [-0.1, -0.05) is 0 Å². The maximum Gasteiger partial charge on any atom is 0.346 e. The number of carboxylic acid groups (broad SMARTS) is 1. The molecule has 0 bridgehead atoms. The zero-order valence-corrected chi connectivity index (χ0v) is 9.37. The second kappa shape index (κ2) is 5.96. The first-order valence-electron chi connectivity index (χ1n) is 4.63. The number of halogens is 5. The predicted octanol–water partition coefficient (Wildman–Crippen LogP) is 1.32. The molecular weight excluding hydrogens is 267 g/mol. The topological polar surface area (TPSA) is 63.6 Å². The van der Waals surface area contributed by atoms with Gasteiger partial charge in [0.15, 0.2) is 18.5 Å². The van der Waals surface area contributed by atoms with E-state index >= 15 is 0 Å². The van der Waals surface area contributed by atoms with Gasteiger partial charge >= 0.3 is 11.9 Å². The zero-order valence-electron chi connectivity index (χ0n) is 9.37. The van der Waals surface area contributed by atoms with Crippen molar-refractivity contribution in [2.45, 2.75) is 37.3 Å². The van der Waals surface area contributed by atoms with Crippen molar-refractivity contribution in [2.75, 3.05) is 7.11 Å². The van der Waals surface area contributed by atoms with E-state index in [1.807, 2.05) is 0 Å². The van der Waals surface area contributed by atoms with Crippen LogP contribution in [0.5, 0.6) is 0 Å². The summed E-state index contributed by atoms with van der Waals surface area (Å²) in [4.78, 5) is 20.8. The van der Waals surface area contributed by atoms with Crippen LogP contribution in [-0.4, -0.2) is 54.5 Å². The Morgan fingerprint density at radius 3 is 1.94 bits per heavy atom. The van der Waals surface area contributed by atoms with E-state index in [-0.39, 0.29) is 6.92 Å². The van der Waals surface area contributed by atoms with Gasteiger partial charge in [0.25, 0.3) is 0 Å². The lowest BCUT2D eigenvalue weighted by atomic mass is 9.95. The molecule has 0 saturated carbocycles. The summed E-state index contributed by atoms with van der Waals surface area (Å²) in [5, 5.41) is 8.05. The minimum absolute atomic E-state index is 0.275. The van der Waals surface area contributed by atoms with Crippen molar-refractivity contribution < 1.29 is 41.4 Å². The molecule has 0 aromatic heterocycles. The highest BCUT2D eigenvalue weighted by Gasteiger charge is 2.53. The molecule has 0 saturated heterocycles. The van der Waals surface area contributed by atoms with E-state index in [0.717, 1.165) is 0 Å². The summed E-state index contributed by atoms with van der Waals surface area (Å²) in [6.07, 6.45) is -13.7. The molecule has 0 spiro atoms. The van der Waals surface area contributed by atoms with Gasteiger partial charge in [0.2, 0.25) is 11.8 Å². The van der Waals surface area contributed by atoms with Crippen molar-refractivity contribution >= 4 is 11.9 Å². The van der Waals surface area contributed by atoms with Crippen LogP contribution in [-0.2, 0) is 14.3 Å². The van der Waals surface area contributed by atoms with Crippen LogP contribution in [0, 0.1) is 0 Å². The third-order valence-electron chi connectivity index (χ3n) is 2.20. The van der Waals surface area contributed by atoms with E-state index in [1.165, 1.54) is 0 Å². The highest BCUT2D eigenvalue weighted by atomic mass is 19.2. The second-order valence-corrected chi connectivity index (χ2v) is 3.60. The first-order chi connectivity index (χ1) is 8.07. The van der Waals surface area contributed by atoms with Gasteiger partial charge in [-0.15, -0.1) is 0 Å². The summed E-state index contributed by atoms with van der Waals surface area (Å²) < 4.78 is 69.1. The van der Waals surface area contributed by atoms with E-state index in [0.29, 0.717) is 7.11 Å². The maximum absolute atomic E-state index is 13.4. The molecule has 18 heavy (non-hydrogen) atoms. The number of hydrogen-bond donors (Lipinski definition) is 1. The van der Waals surface area contributed by atoms with E-state index in [1.54, 1.807) is 0 Å². The number of carbonyl (C=O) groups excluding carboxylic acids is 1. The third kappa shape index (κ3) is 3.30. The van der Waals surface area contributed by atoms with Crippen molar-refractivity contribution in [3.8, 4) is 0 Å². The Morgan fingerprint density at radius 1 is 1.17 bits per heavy atom. The van der Waals surface area contributed by atoms with Crippen molar-refractivity contribution in [2.24, 2.45) is 0 Å². The van der Waals surface area contributed by atoms with Gasteiger partial charge in [0.1, 0.15) is 0 Å². The van der Waals surface area contributed by atoms with Crippen LogP contribution in [0.3, 0.4) is 0 Å². The van der Waals surface area contributed by atoms with Gasteiger partial charge in [0.05, 0.1) is 7.11 Å². The Hall–Kier alpha value is -1.41. The largest absolute Gasteiger partial charge is 0.479 e. The van der Waals surface area contributed by atoms with Gasteiger partial charge in [-0.05, 0) is 6.92 Å². The van der Waals surface area contributed by atoms with Crippen LogP contribution >= 0.6 is 0 Å². The lowest BCUT2D eigenvalue weighted by molar-refractivity contribution is -0.163. The van der Waals surface area contributed by atoms with E-state index < -0.39 is 42.3 Å². The summed E-state index contributed by atoms with van der Waals surface area (Å²) in [6.45, 7) is 0.275. The van der Waals surface area contributed by atoms with Crippen molar-refractivity contribution in [1.82, 2.24) is 0 Å². The van der Waals surface area contributed by atoms with Gasteiger partial charge in [-0.3, -0.25) is 0 Å². The Labute approximate surface area is 98.7 Å². The van der Waals surface area contributed by atoms with Crippen LogP contribution < -0.4 is 0 Å². The van der Waals surface area contributed by atoms with Crippen molar-refractivity contribution in [1.29, 1.82) is 0 Å². The number of carbonyl (C=O) groups is 2. The smallest absolute Gasteiger partial charge is 0.346 e. The highest BCUT2D eigenvalue weighted by Crippen LogP contribution is 2.29. The molecule has 4 nitrogen and oxygen atoms in total. The molecule has 5 atom stereocenters. The minimum atomic E-state index is -3.56. The number of ether oxygens (including phenoxy) is 1. The van der Waals surface area contributed by atoms with Gasteiger partial charge < -0.3 is 9.84 Å². The fraction of sp³-hybridized carbons (Fsp3) is 0.778. The molecule has 0 aliphatic carbocycles. The normalized spacial score (nSPS) is 21.3. The van der Waals surface area contributed by atoms with E-state index in [9.17, 15) is 31.5 Å². The fourth-order valence-electron chi connectivity index (χ4n) is 1.07. The third-order valence-corrected chi connectivity index (χ3v) is 2.20. The monoisotopic (exact) mass is 278 g/mol. The summed E-state index contributed by atoms with van der Waals surface area (Å²) >= 11 is 0. The molecule has 0 aromatic rings. The molecule has 0 fully saturated rings. The lowest BCUT2D eigenvalue weighted by Gasteiger charge is -2.26. The molecule has 0 aromatic carbocycles. The molecule has 9 heteroatoms. The standard InChI is InChI=1S/C9H11F5O4/c1-9(14,8(17)18-2)6(13)4(11)3(10)5(12)7(15)16/h3-6H,1-2H3,(H,15,16). The Balaban J connectivity index is 4.93. The Kier molecular flexibility index (Phi) is 5.50. The maximum atomic E-state index is 13.4. The molecule has 0 radical (unpaired) electrons. The molecular formula is C9H11F5O4. The van der Waals surface area contributed by atoms with Crippen molar-refractivity contribution in [3.63, 3.8) is 0 Å². The lowest BCUT2D eigenvalue weighted by Crippen LogP contribution is -2.51. The van der Waals surface area contributed by atoms with Crippen LogP contribution in [0.15, 0.2) is 0 Å². The molecule has 0 aliphatic heterocycles. The number of rotatable bonds is 6. The number of aliphatic carboxylic acids is 1. The van der Waals surface area contributed by atoms with E-state index in [2.05, 4.69) is 4.74 Å². The SMILES string of the molecule is COC(=O)C(C)(F)C(F)C(F)C(F)C(F)C(=O)O. The highest BCUT2D eigenvalue weighted by molar-refractivity contribution is 5.80. The average Bonchev–Trinajstić information content (AvgIpc) is 2.33. The summed E-state index contributed by atoms with van der Waals surface area (Å²) in [6, 6.07) is 0.